The van der Waals surface area contributed by atoms with E-state index in [2.05, 4.69) is 32.3 Å². The van der Waals surface area contributed by atoms with Crippen LogP contribution in [-0.2, 0) is 4.79 Å². The van der Waals surface area contributed by atoms with Gasteiger partial charge in [0.1, 0.15) is 0 Å². The van der Waals surface area contributed by atoms with Crippen molar-refractivity contribution in [2.75, 3.05) is 6.54 Å². The number of carbonyl (C=O) groups is 1. The van der Waals surface area contributed by atoms with Gasteiger partial charge in [0.25, 0.3) is 0 Å². The highest BCUT2D eigenvalue weighted by Gasteiger charge is 2.36. The minimum atomic E-state index is 0.0253. The maximum Gasteiger partial charge on any atom is 0.182 e. The van der Waals surface area contributed by atoms with E-state index in [-0.39, 0.29) is 17.2 Å². The first-order valence-electron chi connectivity index (χ1n) is 4.35. The van der Waals surface area contributed by atoms with Crippen molar-refractivity contribution < 1.29 is 4.79 Å². The van der Waals surface area contributed by atoms with Gasteiger partial charge in [-0.25, -0.2) is 0 Å². The number of hydrogen-bond acceptors (Lipinski definition) is 2. The fourth-order valence-electron chi connectivity index (χ4n) is 1.56. The van der Waals surface area contributed by atoms with Gasteiger partial charge in [-0.3, -0.25) is 4.79 Å². The Morgan fingerprint density at radius 2 is 2.00 bits per heavy atom. The zero-order chi connectivity index (χ0) is 9.52. The van der Waals surface area contributed by atoms with Gasteiger partial charge in [0.15, 0.2) is 5.78 Å². The highest BCUT2D eigenvalue weighted by atomic mass is 16.1. The van der Waals surface area contributed by atoms with Crippen LogP contribution in [0.1, 0.15) is 27.7 Å². The molecule has 0 bridgehead atoms. The van der Waals surface area contributed by atoms with E-state index < -0.39 is 0 Å². The molecule has 1 atom stereocenters. The third kappa shape index (κ3) is 1.38. The van der Waals surface area contributed by atoms with Crippen LogP contribution in [-0.4, -0.2) is 22.8 Å². The lowest BCUT2D eigenvalue weighted by molar-refractivity contribution is -0.117. The molecule has 1 aliphatic rings. The molecule has 1 unspecified atom stereocenters. The number of nitrogens with zero attached hydrogens (tertiary/aromatic N) is 1. The standard InChI is InChI=1S/C10H17NO/c1-7-6-11(10(3,4)5)8(2)9(7)12/h7H,2,6H2,1,3-5H3. The Labute approximate surface area is 74.2 Å². The molecule has 68 valence electrons. The van der Waals surface area contributed by atoms with Crippen LogP contribution in [0.3, 0.4) is 0 Å². The number of likely N-dealkylation sites (tertiary alicyclic amines) is 1. The van der Waals surface area contributed by atoms with Gasteiger partial charge in [-0.05, 0) is 20.8 Å². The number of ketones is 1. The van der Waals surface area contributed by atoms with Gasteiger partial charge in [0.05, 0.1) is 5.70 Å². The zero-order valence-corrected chi connectivity index (χ0v) is 8.35. The summed E-state index contributed by atoms with van der Waals surface area (Å²) in [5.74, 6) is 0.321. The molecule has 1 saturated heterocycles. The van der Waals surface area contributed by atoms with E-state index in [9.17, 15) is 4.79 Å². The molecule has 0 aliphatic carbocycles. The highest BCUT2D eigenvalue weighted by molar-refractivity contribution is 5.98. The van der Waals surface area contributed by atoms with E-state index in [0.717, 1.165) is 6.54 Å². The average molecular weight is 167 g/mol. The number of Topliss-reactive ketones (excluding diaryl/α,β-unsaturated/α-hetero) is 1. The molecule has 0 N–H and O–H groups in total. The fourth-order valence-corrected chi connectivity index (χ4v) is 1.56. The molecule has 0 aromatic heterocycles. The highest BCUT2D eigenvalue weighted by Crippen LogP contribution is 2.28. The third-order valence-electron chi connectivity index (χ3n) is 2.32. The molecular formula is C10H17NO. The lowest BCUT2D eigenvalue weighted by atomic mass is 10.1. The fraction of sp³-hybridized carbons (Fsp3) is 0.700. The predicted molar refractivity (Wildman–Crippen MR) is 49.8 cm³/mol. The van der Waals surface area contributed by atoms with E-state index in [1.807, 2.05) is 6.92 Å². The quantitative estimate of drug-likeness (QED) is 0.513. The van der Waals surface area contributed by atoms with Crippen LogP contribution in [0.4, 0.5) is 0 Å². The van der Waals surface area contributed by atoms with E-state index >= 15 is 0 Å². The Morgan fingerprint density at radius 3 is 2.17 bits per heavy atom. The Kier molecular flexibility index (Phi) is 2.02. The van der Waals surface area contributed by atoms with Crippen molar-refractivity contribution in [2.45, 2.75) is 33.2 Å². The van der Waals surface area contributed by atoms with Crippen molar-refractivity contribution in [3.05, 3.63) is 12.3 Å². The van der Waals surface area contributed by atoms with Crippen molar-refractivity contribution >= 4 is 5.78 Å². The van der Waals surface area contributed by atoms with Crippen LogP contribution in [0.2, 0.25) is 0 Å². The molecule has 1 aliphatic heterocycles. The second-order valence-electron chi connectivity index (χ2n) is 4.49. The van der Waals surface area contributed by atoms with Crippen molar-refractivity contribution in [2.24, 2.45) is 5.92 Å². The first-order chi connectivity index (χ1) is 5.34. The molecule has 0 saturated carbocycles. The van der Waals surface area contributed by atoms with Crippen molar-refractivity contribution in [1.29, 1.82) is 0 Å². The summed E-state index contributed by atoms with van der Waals surface area (Å²) in [5.41, 5.74) is 0.701. The topological polar surface area (TPSA) is 20.3 Å². The smallest absolute Gasteiger partial charge is 0.182 e. The Hall–Kier alpha value is -0.790. The largest absolute Gasteiger partial charge is 0.364 e. The predicted octanol–water partition coefficient (Wildman–Crippen LogP) is 1.82. The summed E-state index contributed by atoms with van der Waals surface area (Å²) in [4.78, 5) is 13.5. The molecule has 1 fully saturated rings. The number of allylic oxidation sites excluding steroid dienone is 1. The molecule has 0 spiro atoms. The van der Waals surface area contributed by atoms with Crippen molar-refractivity contribution in [1.82, 2.24) is 4.90 Å². The van der Waals surface area contributed by atoms with Gasteiger partial charge in [-0.15, -0.1) is 0 Å². The summed E-state index contributed by atoms with van der Waals surface area (Å²) in [7, 11) is 0. The van der Waals surface area contributed by atoms with Gasteiger partial charge in [0, 0.05) is 18.0 Å². The summed E-state index contributed by atoms with van der Waals surface area (Å²) in [6.45, 7) is 12.9. The van der Waals surface area contributed by atoms with Crippen LogP contribution >= 0.6 is 0 Å². The monoisotopic (exact) mass is 167 g/mol. The first-order valence-corrected chi connectivity index (χ1v) is 4.35. The van der Waals surface area contributed by atoms with Crippen LogP contribution in [0, 0.1) is 5.92 Å². The third-order valence-corrected chi connectivity index (χ3v) is 2.32. The maximum atomic E-state index is 11.4. The molecule has 2 heteroatoms. The summed E-state index contributed by atoms with van der Waals surface area (Å²) < 4.78 is 0. The first kappa shape index (κ1) is 9.30. The normalized spacial score (nSPS) is 25.3. The van der Waals surface area contributed by atoms with E-state index in [1.54, 1.807) is 0 Å². The van der Waals surface area contributed by atoms with Gasteiger partial charge in [-0.2, -0.15) is 0 Å². The SMILES string of the molecule is C=C1C(=O)C(C)CN1C(C)(C)C. The average Bonchev–Trinajstić information content (AvgIpc) is 2.15. The number of rotatable bonds is 0. The molecule has 1 heterocycles. The van der Waals surface area contributed by atoms with Gasteiger partial charge < -0.3 is 4.90 Å². The molecule has 0 aromatic rings. The molecular weight excluding hydrogens is 150 g/mol. The zero-order valence-electron chi connectivity index (χ0n) is 8.35. The second kappa shape index (κ2) is 2.61. The minimum absolute atomic E-state index is 0.0253. The molecule has 1 rings (SSSR count). The summed E-state index contributed by atoms with van der Waals surface area (Å²) in [6, 6.07) is 0. The lowest BCUT2D eigenvalue weighted by Crippen LogP contribution is -2.38. The van der Waals surface area contributed by atoms with E-state index in [4.69, 9.17) is 0 Å². The van der Waals surface area contributed by atoms with Crippen LogP contribution < -0.4 is 0 Å². The second-order valence-corrected chi connectivity index (χ2v) is 4.49. The van der Waals surface area contributed by atoms with Gasteiger partial charge in [-0.1, -0.05) is 13.5 Å². The number of carbonyl (C=O) groups excluding carboxylic acids is 1. The van der Waals surface area contributed by atoms with Crippen LogP contribution in [0.25, 0.3) is 0 Å². The Morgan fingerprint density at radius 1 is 1.50 bits per heavy atom. The molecule has 0 radical (unpaired) electrons. The van der Waals surface area contributed by atoms with Gasteiger partial charge >= 0.3 is 0 Å². The summed E-state index contributed by atoms with van der Waals surface area (Å²) >= 11 is 0. The maximum absolute atomic E-state index is 11.4. The summed E-state index contributed by atoms with van der Waals surface area (Å²) in [5, 5.41) is 0. The molecule has 0 aromatic carbocycles. The number of hydrogen-bond donors (Lipinski definition) is 0. The van der Waals surface area contributed by atoms with Crippen LogP contribution in [0.15, 0.2) is 12.3 Å². The minimum Gasteiger partial charge on any atom is -0.364 e. The lowest BCUT2D eigenvalue weighted by Gasteiger charge is -2.33. The van der Waals surface area contributed by atoms with E-state index in [0.29, 0.717) is 5.70 Å². The van der Waals surface area contributed by atoms with Crippen molar-refractivity contribution in [3.63, 3.8) is 0 Å². The Bertz CT molecular complexity index is 224. The summed E-state index contributed by atoms with van der Waals surface area (Å²) in [6.07, 6.45) is 0. The van der Waals surface area contributed by atoms with Crippen molar-refractivity contribution in [3.8, 4) is 0 Å². The van der Waals surface area contributed by atoms with Crippen LogP contribution in [0.5, 0.6) is 0 Å². The molecule has 2 nitrogen and oxygen atoms in total. The van der Waals surface area contributed by atoms with E-state index in [1.165, 1.54) is 0 Å². The molecule has 12 heavy (non-hydrogen) atoms. The molecule has 0 amide bonds. The Balaban J connectivity index is 2.86. The van der Waals surface area contributed by atoms with Gasteiger partial charge in [0.2, 0.25) is 0 Å².